The van der Waals surface area contributed by atoms with E-state index in [1.807, 2.05) is 18.2 Å². The van der Waals surface area contributed by atoms with Crippen molar-refractivity contribution < 1.29 is 23.9 Å². The number of carbonyl (C=O) groups excluding carboxylic acids is 3. The normalized spacial score (nSPS) is 12.3. The SMILES string of the molecule is C=CCOC(=O)[C@H](CC)[C@H](CC=C)C(=O)NC(=O)OCc1ccccc1. The molecule has 6 nitrogen and oxygen atoms in total. The monoisotopic (exact) mass is 359 g/mol. The van der Waals surface area contributed by atoms with Crippen LogP contribution in [0, 0.1) is 11.8 Å². The summed E-state index contributed by atoms with van der Waals surface area (Å²) in [4.78, 5) is 36.5. The molecule has 1 N–H and O–H groups in total. The molecule has 0 aliphatic heterocycles. The molecule has 1 aromatic carbocycles. The molecule has 26 heavy (non-hydrogen) atoms. The first-order valence-electron chi connectivity index (χ1n) is 8.43. The number of amides is 2. The van der Waals surface area contributed by atoms with Crippen LogP contribution in [0.3, 0.4) is 0 Å². The van der Waals surface area contributed by atoms with Gasteiger partial charge >= 0.3 is 12.1 Å². The summed E-state index contributed by atoms with van der Waals surface area (Å²) in [6.45, 7) is 8.98. The van der Waals surface area contributed by atoms with E-state index < -0.39 is 29.8 Å². The average molecular weight is 359 g/mol. The second-order valence-corrected chi connectivity index (χ2v) is 5.62. The molecule has 0 fully saturated rings. The summed E-state index contributed by atoms with van der Waals surface area (Å²) in [5.74, 6) is -2.55. The van der Waals surface area contributed by atoms with Crippen LogP contribution >= 0.6 is 0 Å². The lowest BCUT2D eigenvalue weighted by molar-refractivity contribution is -0.152. The van der Waals surface area contributed by atoms with E-state index in [0.29, 0.717) is 6.42 Å². The summed E-state index contributed by atoms with van der Waals surface area (Å²) in [5.41, 5.74) is 0.803. The summed E-state index contributed by atoms with van der Waals surface area (Å²) >= 11 is 0. The fourth-order valence-corrected chi connectivity index (χ4v) is 2.45. The zero-order chi connectivity index (χ0) is 19.4. The van der Waals surface area contributed by atoms with Gasteiger partial charge in [-0.2, -0.15) is 0 Å². The van der Waals surface area contributed by atoms with Crippen LogP contribution in [0.15, 0.2) is 55.6 Å². The molecule has 0 saturated carbocycles. The maximum absolute atomic E-state index is 12.4. The van der Waals surface area contributed by atoms with Gasteiger partial charge in [-0.1, -0.05) is 56.0 Å². The Labute approximate surface area is 153 Å². The first-order valence-corrected chi connectivity index (χ1v) is 8.43. The number of esters is 1. The Balaban J connectivity index is 2.67. The van der Waals surface area contributed by atoms with E-state index in [4.69, 9.17) is 9.47 Å². The number of alkyl carbamates (subject to hydrolysis) is 1. The molecular formula is C20H25NO5. The zero-order valence-electron chi connectivity index (χ0n) is 15.0. The van der Waals surface area contributed by atoms with Crippen LogP contribution in [0.2, 0.25) is 0 Å². The molecule has 0 bridgehead atoms. The van der Waals surface area contributed by atoms with Crippen LogP contribution in [0.4, 0.5) is 4.79 Å². The highest BCUT2D eigenvalue weighted by Crippen LogP contribution is 2.22. The Morgan fingerprint density at radius 1 is 1.08 bits per heavy atom. The van der Waals surface area contributed by atoms with E-state index >= 15 is 0 Å². The molecule has 1 rings (SSSR count). The highest BCUT2D eigenvalue weighted by Gasteiger charge is 2.33. The second kappa shape index (κ2) is 11.6. The molecule has 0 radical (unpaired) electrons. The summed E-state index contributed by atoms with van der Waals surface area (Å²) in [6, 6.07) is 9.10. The van der Waals surface area contributed by atoms with Crippen LogP contribution in [0.5, 0.6) is 0 Å². The molecule has 6 heteroatoms. The number of allylic oxidation sites excluding steroid dienone is 1. The molecule has 0 saturated heterocycles. The number of hydrogen-bond donors (Lipinski definition) is 1. The number of imide groups is 1. The van der Waals surface area contributed by atoms with Crippen molar-refractivity contribution >= 4 is 18.0 Å². The maximum Gasteiger partial charge on any atom is 0.414 e. The molecule has 2 amide bonds. The Hall–Kier alpha value is -2.89. The van der Waals surface area contributed by atoms with Crippen LogP contribution in [0.1, 0.15) is 25.3 Å². The third-order valence-electron chi connectivity index (χ3n) is 3.77. The molecule has 1 aromatic rings. The molecular weight excluding hydrogens is 334 g/mol. The number of rotatable bonds is 10. The summed E-state index contributed by atoms with van der Waals surface area (Å²) in [5, 5.41) is 2.19. The standard InChI is InChI=1S/C20H25NO5/c1-4-10-17(16(6-3)19(23)25-13-5-2)18(22)21-20(24)26-14-15-11-8-7-9-12-15/h4-5,7-9,11-12,16-17H,1-2,6,10,13-14H2,3H3,(H,21,22,24)/t16-,17+/m1/s1. The van der Waals surface area contributed by atoms with Crippen LogP contribution in [0.25, 0.3) is 0 Å². The number of benzene rings is 1. The zero-order valence-corrected chi connectivity index (χ0v) is 15.0. The van der Waals surface area contributed by atoms with E-state index in [9.17, 15) is 14.4 Å². The van der Waals surface area contributed by atoms with Crippen molar-refractivity contribution in [2.75, 3.05) is 6.61 Å². The number of nitrogens with one attached hydrogen (secondary N) is 1. The van der Waals surface area contributed by atoms with Gasteiger partial charge in [-0.25, -0.2) is 4.79 Å². The third-order valence-corrected chi connectivity index (χ3v) is 3.77. The Morgan fingerprint density at radius 3 is 2.35 bits per heavy atom. The van der Waals surface area contributed by atoms with Crippen molar-refractivity contribution in [2.45, 2.75) is 26.4 Å². The summed E-state index contributed by atoms with van der Waals surface area (Å²) < 4.78 is 10.1. The number of carbonyl (C=O) groups is 3. The molecule has 0 spiro atoms. The van der Waals surface area contributed by atoms with E-state index in [0.717, 1.165) is 5.56 Å². The van der Waals surface area contributed by atoms with Crippen molar-refractivity contribution in [1.82, 2.24) is 5.32 Å². The molecule has 0 heterocycles. The minimum absolute atomic E-state index is 0.0463. The van der Waals surface area contributed by atoms with Crippen molar-refractivity contribution in [1.29, 1.82) is 0 Å². The van der Waals surface area contributed by atoms with E-state index in [1.54, 1.807) is 19.1 Å². The van der Waals surface area contributed by atoms with E-state index in [1.165, 1.54) is 12.2 Å². The molecule has 0 unspecified atom stereocenters. The fourth-order valence-electron chi connectivity index (χ4n) is 2.45. The van der Waals surface area contributed by atoms with Gasteiger partial charge in [0, 0.05) is 0 Å². The van der Waals surface area contributed by atoms with E-state index in [2.05, 4.69) is 18.5 Å². The van der Waals surface area contributed by atoms with Crippen LogP contribution in [-0.2, 0) is 25.7 Å². The Kier molecular flexibility index (Phi) is 9.46. The largest absolute Gasteiger partial charge is 0.461 e. The molecule has 2 atom stereocenters. The second-order valence-electron chi connectivity index (χ2n) is 5.62. The van der Waals surface area contributed by atoms with Crippen molar-refractivity contribution in [3.63, 3.8) is 0 Å². The fraction of sp³-hybridized carbons (Fsp3) is 0.350. The van der Waals surface area contributed by atoms with Gasteiger partial charge in [-0.05, 0) is 18.4 Å². The lowest BCUT2D eigenvalue weighted by atomic mass is 9.86. The highest BCUT2D eigenvalue weighted by molar-refractivity contribution is 5.95. The summed E-state index contributed by atoms with van der Waals surface area (Å²) in [6.07, 6.45) is 2.75. The van der Waals surface area contributed by atoms with Crippen LogP contribution in [-0.4, -0.2) is 24.6 Å². The first kappa shape index (κ1) is 21.2. The predicted octanol–water partition coefficient (Wildman–Crippen LogP) is 3.39. The molecule has 0 aliphatic carbocycles. The smallest absolute Gasteiger partial charge is 0.414 e. The maximum atomic E-state index is 12.4. The van der Waals surface area contributed by atoms with Crippen molar-refractivity contribution in [2.24, 2.45) is 11.8 Å². The predicted molar refractivity (Wildman–Crippen MR) is 98.0 cm³/mol. The van der Waals surface area contributed by atoms with Gasteiger partial charge in [0.1, 0.15) is 13.2 Å². The lowest BCUT2D eigenvalue weighted by Crippen LogP contribution is -2.41. The van der Waals surface area contributed by atoms with Gasteiger partial charge in [0.25, 0.3) is 0 Å². The van der Waals surface area contributed by atoms with Gasteiger partial charge in [0.2, 0.25) is 5.91 Å². The van der Waals surface area contributed by atoms with Gasteiger partial charge in [0.05, 0.1) is 11.8 Å². The van der Waals surface area contributed by atoms with Gasteiger partial charge in [0.15, 0.2) is 0 Å². The molecule has 0 aromatic heterocycles. The van der Waals surface area contributed by atoms with Crippen LogP contribution < -0.4 is 5.32 Å². The summed E-state index contributed by atoms with van der Waals surface area (Å²) in [7, 11) is 0. The van der Waals surface area contributed by atoms with Gasteiger partial charge in [-0.3, -0.25) is 14.9 Å². The van der Waals surface area contributed by atoms with E-state index in [-0.39, 0.29) is 19.6 Å². The number of ether oxygens (including phenoxy) is 2. The molecule has 140 valence electrons. The van der Waals surface area contributed by atoms with Gasteiger partial charge in [-0.15, -0.1) is 6.58 Å². The quantitative estimate of drug-likeness (QED) is 0.511. The topological polar surface area (TPSA) is 81.7 Å². The number of hydrogen-bond acceptors (Lipinski definition) is 5. The molecule has 0 aliphatic rings. The minimum atomic E-state index is -0.859. The average Bonchev–Trinajstić information content (AvgIpc) is 2.65. The van der Waals surface area contributed by atoms with Crippen molar-refractivity contribution in [3.8, 4) is 0 Å². The lowest BCUT2D eigenvalue weighted by Gasteiger charge is -2.22. The Bertz CT molecular complexity index is 626. The third kappa shape index (κ3) is 6.93. The van der Waals surface area contributed by atoms with Gasteiger partial charge < -0.3 is 9.47 Å². The van der Waals surface area contributed by atoms with Crippen molar-refractivity contribution in [3.05, 3.63) is 61.2 Å². The highest BCUT2D eigenvalue weighted by atomic mass is 16.5. The Morgan fingerprint density at radius 2 is 1.77 bits per heavy atom. The minimum Gasteiger partial charge on any atom is -0.461 e. The first-order chi connectivity index (χ1) is 12.5.